The number of nitrogens with one attached hydrogen (secondary N) is 4. The molecule has 8 atom stereocenters. The first-order valence-corrected chi connectivity index (χ1v) is 22.4. The van der Waals surface area contributed by atoms with E-state index in [1.807, 2.05) is 123 Å². The first-order valence-electron chi connectivity index (χ1n) is 22.4. The average molecular weight is 863 g/mol. The molecule has 6 N–H and O–H groups in total. The minimum atomic E-state index is -0.517. The highest BCUT2D eigenvalue weighted by molar-refractivity contribution is 5.94. The van der Waals surface area contributed by atoms with E-state index in [1.165, 1.54) is 28.0 Å². The Balaban J connectivity index is 0.000000175. The van der Waals surface area contributed by atoms with E-state index in [-0.39, 0.29) is 35.5 Å². The van der Waals surface area contributed by atoms with Crippen LogP contribution in [0.25, 0.3) is 0 Å². The molecule has 3 aliphatic heterocycles. The molecular weight excluding hydrogens is 805 g/mol. The predicted molar refractivity (Wildman–Crippen MR) is 248 cm³/mol. The van der Waals surface area contributed by atoms with Gasteiger partial charge in [0.1, 0.15) is 17.9 Å². The maximum Gasteiger partial charge on any atom is 0.254 e. The van der Waals surface area contributed by atoms with Crippen LogP contribution in [-0.2, 0) is 28.9 Å². The summed E-state index contributed by atoms with van der Waals surface area (Å²) in [5.74, 6) is 0.385. The number of anilines is 2. The van der Waals surface area contributed by atoms with Crippen LogP contribution in [0.5, 0.6) is 0 Å². The summed E-state index contributed by atoms with van der Waals surface area (Å²) in [5, 5.41) is 38.7. The van der Waals surface area contributed by atoms with E-state index < -0.39 is 18.2 Å². The topological polar surface area (TPSA) is 175 Å². The highest BCUT2D eigenvalue weighted by Gasteiger charge is 2.32. The lowest BCUT2D eigenvalue weighted by Gasteiger charge is -2.20. The van der Waals surface area contributed by atoms with Crippen molar-refractivity contribution in [3.63, 3.8) is 0 Å². The summed E-state index contributed by atoms with van der Waals surface area (Å²) < 4.78 is 3.17. The molecule has 0 unspecified atom stereocenters. The Labute approximate surface area is 374 Å². The lowest BCUT2D eigenvalue weighted by molar-refractivity contribution is -0.119. The van der Waals surface area contributed by atoms with Gasteiger partial charge in [0.05, 0.1) is 17.9 Å². The molecule has 0 aliphatic carbocycles. The molecule has 13 heteroatoms. The van der Waals surface area contributed by atoms with Gasteiger partial charge in [-0.15, -0.1) is 0 Å². The molecule has 5 heterocycles. The van der Waals surface area contributed by atoms with Crippen LogP contribution in [0.1, 0.15) is 97.1 Å². The number of nitrogens with zero attached hydrogens (tertiary/aromatic N) is 4. The molecule has 4 aromatic carbocycles. The van der Waals surface area contributed by atoms with Gasteiger partial charge in [0.2, 0.25) is 11.8 Å². The fourth-order valence-corrected chi connectivity index (χ4v) is 9.16. The third-order valence-electron chi connectivity index (χ3n) is 12.7. The van der Waals surface area contributed by atoms with E-state index >= 15 is 0 Å². The first-order chi connectivity index (χ1) is 31.1. The summed E-state index contributed by atoms with van der Waals surface area (Å²) in [6.07, 6.45) is 9.24. The van der Waals surface area contributed by atoms with Crippen molar-refractivity contribution in [3.05, 3.63) is 178 Å². The number of aryl methyl sites for hydroxylation is 2. The minimum absolute atomic E-state index is 0.0585. The average Bonchev–Trinajstić information content (AvgIpc) is 4.16. The van der Waals surface area contributed by atoms with Crippen molar-refractivity contribution in [2.24, 2.45) is 0 Å². The number of hydrogen-bond acceptors (Lipinski definition) is 9. The number of aromatic nitrogens is 4. The molecule has 0 radical (unpaired) electrons. The van der Waals surface area contributed by atoms with Crippen LogP contribution in [0.3, 0.4) is 0 Å². The largest absolute Gasteiger partial charge is 0.387 e. The molecule has 0 saturated carbocycles. The Morgan fingerprint density at radius 2 is 1.23 bits per heavy atom. The minimum Gasteiger partial charge on any atom is -0.387 e. The third-order valence-corrected chi connectivity index (χ3v) is 12.7. The van der Waals surface area contributed by atoms with Gasteiger partial charge in [-0.05, 0) is 111 Å². The maximum atomic E-state index is 12.8. The van der Waals surface area contributed by atoms with Gasteiger partial charge in [-0.25, -0.2) is 4.98 Å². The van der Waals surface area contributed by atoms with Gasteiger partial charge in [0.15, 0.2) is 0 Å². The highest BCUT2D eigenvalue weighted by Crippen LogP contribution is 2.29. The number of carbonyl (C=O) groups is 2. The fraction of sp³-hybridized carbons (Fsp3) is 0.353. The molecule has 0 bridgehead atoms. The van der Waals surface area contributed by atoms with Crippen LogP contribution in [0.15, 0.2) is 139 Å². The lowest BCUT2D eigenvalue weighted by atomic mass is 10.0. The number of carbonyl (C=O) groups excluding carboxylic acids is 2. The van der Waals surface area contributed by atoms with Crippen LogP contribution < -0.4 is 26.8 Å². The smallest absolute Gasteiger partial charge is 0.254 e. The lowest BCUT2D eigenvalue weighted by Crippen LogP contribution is -2.35. The van der Waals surface area contributed by atoms with Crippen LogP contribution in [-0.4, -0.2) is 65.5 Å². The molecule has 3 aliphatic rings. The second kappa shape index (κ2) is 20.5. The van der Waals surface area contributed by atoms with Gasteiger partial charge in [0, 0.05) is 60.4 Å². The highest BCUT2D eigenvalue weighted by atomic mass is 16.3. The van der Waals surface area contributed by atoms with E-state index in [2.05, 4.69) is 43.5 Å². The van der Waals surface area contributed by atoms with Crippen LogP contribution in [0, 0.1) is 6.92 Å². The molecular formula is C51H58N8O5. The van der Waals surface area contributed by atoms with Crippen LogP contribution in [0.2, 0.25) is 0 Å². The fourth-order valence-electron chi connectivity index (χ4n) is 9.16. The third kappa shape index (κ3) is 10.9. The van der Waals surface area contributed by atoms with Gasteiger partial charge < -0.3 is 31.5 Å². The van der Waals surface area contributed by atoms with E-state index in [4.69, 9.17) is 0 Å². The Morgan fingerprint density at radius 1 is 0.703 bits per heavy atom. The number of benzene rings is 4. The predicted octanol–water partition coefficient (Wildman–Crippen LogP) is 6.55. The zero-order valence-corrected chi connectivity index (χ0v) is 36.4. The normalized spacial score (nSPS) is 21.5. The van der Waals surface area contributed by atoms with E-state index in [9.17, 15) is 24.6 Å². The van der Waals surface area contributed by atoms with Gasteiger partial charge in [-0.1, -0.05) is 84.9 Å². The Morgan fingerprint density at radius 3 is 1.75 bits per heavy atom. The zero-order valence-electron chi connectivity index (χ0n) is 36.4. The monoisotopic (exact) mass is 862 g/mol. The Hall–Kier alpha value is -6.25. The standard InChI is InChI=1S/C26H28N4O3.C25H30N4O2/c31-24-14-15-27-23-13-12-22(30(23)24)26(33)29-19-8-6-17(7-9-19)16-20-10-11-21(28-20)25(32)18-4-2-1-3-5-18;1-17-14-15-29(28-17)18(2)25(31)27-21-10-8-19(9-11-21)16-22-12-13-23(26-22)24(30)20-6-4-3-5-7-20/h1-9,14-15,20-22,25,28,32H,10-13,16H2,(H,29,33);3-11,14-15,18,22-24,26,30H,12-13,16H2,1-2H3,(H,27,31)/t20-,21+,22-,25+;18-,22-,23+,24+/m00/s1. The molecule has 9 rings (SSSR count). The van der Waals surface area contributed by atoms with Gasteiger partial charge >= 0.3 is 0 Å². The number of fused-ring (bicyclic) bond motifs is 1. The number of aliphatic hydroxyl groups is 2. The van der Waals surface area contributed by atoms with E-state index in [1.54, 1.807) is 4.68 Å². The Kier molecular flexibility index (Phi) is 14.2. The van der Waals surface area contributed by atoms with Gasteiger partial charge in [0.25, 0.3) is 5.56 Å². The molecule has 332 valence electrons. The van der Waals surface area contributed by atoms with Crippen molar-refractivity contribution in [3.8, 4) is 0 Å². The van der Waals surface area contributed by atoms with Crippen molar-refractivity contribution in [2.75, 3.05) is 10.6 Å². The Bertz CT molecular complexity index is 2530. The molecule has 2 amide bonds. The number of rotatable bonds is 13. The summed E-state index contributed by atoms with van der Waals surface area (Å²) in [6.45, 7) is 3.74. The summed E-state index contributed by atoms with van der Waals surface area (Å²) >= 11 is 0. The first kappa shape index (κ1) is 44.4. The van der Waals surface area contributed by atoms with Crippen LogP contribution in [0.4, 0.5) is 11.4 Å². The summed E-state index contributed by atoms with van der Waals surface area (Å²) in [7, 11) is 0. The van der Waals surface area contributed by atoms with Crippen molar-refractivity contribution in [1.29, 1.82) is 0 Å². The molecule has 0 spiro atoms. The second-order valence-electron chi connectivity index (χ2n) is 17.3. The van der Waals surface area contributed by atoms with E-state index in [0.29, 0.717) is 36.4 Å². The van der Waals surface area contributed by atoms with Crippen molar-refractivity contribution in [1.82, 2.24) is 30.0 Å². The molecule has 13 nitrogen and oxygen atoms in total. The molecule has 2 aromatic heterocycles. The molecule has 6 aromatic rings. The maximum absolute atomic E-state index is 12.8. The second-order valence-corrected chi connectivity index (χ2v) is 17.3. The van der Waals surface area contributed by atoms with Crippen molar-refractivity contribution >= 4 is 23.2 Å². The zero-order chi connectivity index (χ0) is 44.6. The van der Waals surface area contributed by atoms with Crippen molar-refractivity contribution < 1.29 is 19.8 Å². The summed E-state index contributed by atoms with van der Waals surface area (Å²) in [6, 6.07) is 38.6. The summed E-state index contributed by atoms with van der Waals surface area (Å²) in [4.78, 5) is 41.6. The van der Waals surface area contributed by atoms with Gasteiger partial charge in [-0.3, -0.25) is 23.6 Å². The quantitative estimate of drug-likeness (QED) is 0.0752. The van der Waals surface area contributed by atoms with Gasteiger partial charge in [-0.2, -0.15) is 5.10 Å². The molecule has 2 saturated heterocycles. The molecule has 64 heavy (non-hydrogen) atoms. The number of hydrogen-bond donors (Lipinski definition) is 6. The van der Waals surface area contributed by atoms with Crippen LogP contribution >= 0.6 is 0 Å². The number of amides is 2. The van der Waals surface area contributed by atoms with Crippen molar-refractivity contribution in [2.45, 2.75) is 114 Å². The number of aliphatic hydroxyl groups excluding tert-OH is 2. The SMILES string of the molecule is Cc1ccn([C@@H](C)C(=O)Nc2ccc(C[C@@H]3CC[C@H]([C@H](O)c4ccccc4)N3)cc2)n1.O=C(Nc1ccc(C[C@@H]2CC[C@H]([C@H](O)c3ccccc3)N2)cc1)[C@@H]1CCc2nccc(=O)n21. The van der Waals surface area contributed by atoms with E-state index in [0.717, 1.165) is 61.0 Å². The molecule has 2 fully saturated rings. The summed E-state index contributed by atoms with van der Waals surface area (Å²) in [5.41, 5.74) is 6.48.